The van der Waals surface area contributed by atoms with Crippen molar-refractivity contribution < 1.29 is 9.90 Å². The molecule has 1 aliphatic rings. The Morgan fingerprint density at radius 3 is 2.80 bits per heavy atom. The Bertz CT molecular complexity index is 317. The predicted octanol–water partition coefficient (Wildman–Crippen LogP) is 2.41. The number of nitrogens with one attached hydrogen (secondary N) is 1. The van der Waals surface area contributed by atoms with E-state index < -0.39 is 12.0 Å². The van der Waals surface area contributed by atoms with Gasteiger partial charge in [-0.3, -0.25) is 10.1 Å². The summed E-state index contributed by atoms with van der Waals surface area (Å²) in [5, 5.41) is 14.3. The van der Waals surface area contributed by atoms with Gasteiger partial charge in [-0.1, -0.05) is 18.9 Å². The van der Waals surface area contributed by atoms with Gasteiger partial charge in [-0.15, -0.1) is 11.3 Å². The molecular formula is C11H15NO2S. The molecule has 0 bridgehead atoms. The third kappa shape index (κ3) is 2.58. The summed E-state index contributed by atoms with van der Waals surface area (Å²) in [5.74, 6) is -0.774. The second-order valence-electron chi connectivity index (χ2n) is 3.93. The fourth-order valence-electron chi connectivity index (χ4n) is 2.06. The van der Waals surface area contributed by atoms with Gasteiger partial charge in [-0.25, -0.2) is 0 Å². The van der Waals surface area contributed by atoms with Crippen LogP contribution in [0.1, 0.15) is 36.6 Å². The Morgan fingerprint density at radius 2 is 2.27 bits per heavy atom. The molecule has 1 atom stereocenters. The quantitative estimate of drug-likeness (QED) is 0.827. The van der Waals surface area contributed by atoms with E-state index in [-0.39, 0.29) is 0 Å². The van der Waals surface area contributed by atoms with Gasteiger partial charge in [0, 0.05) is 10.9 Å². The highest BCUT2D eigenvalue weighted by molar-refractivity contribution is 7.10. The molecule has 1 saturated carbocycles. The maximum absolute atomic E-state index is 11.1. The summed E-state index contributed by atoms with van der Waals surface area (Å²) in [4.78, 5) is 12.0. The van der Waals surface area contributed by atoms with Crippen molar-refractivity contribution in [2.45, 2.75) is 37.8 Å². The van der Waals surface area contributed by atoms with Crippen LogP contribution in [0.4, 0.5) is 0 Å². The molecule has 3 nitrogen and oxygen atoms in total. The third-order valence-corrected chi connectivity index (χ3v) is 3.77. The van der Waals surface area contributed by atoms with Gasteiger partial charge in [0.1, 0.15) is 6.04 Å². The molecule has 82 valence electrons. The Kier molecular flexibility index (Phi) is 3.38. The van der Waals surface area contributed by atoms with E-state index in [1.54, 1.807) is 0 Å². The Labute approximate surface area is 93.1 Å². The minimum atomic E-state index is -0.774. The zero-order valence-electron chi connectivity index (χ0n) is 8.48. The minimum absolute atomic E-state index is 0.383. The van der Waals surface area contributed by atoms with Gasteiger partial charge in [0.05, 0.1) is 0 Å². The first-order chi connectivity index (χ1) is 7.27. The van der Waals surface area contributed by atoms with Gasteiger partial charge in [-0.2, -0.15) is 0 Å². The highest BCUT2D eigenvalue weighted by atomic mass is 32.1. The highest BCUT2D eigenvalue weighted by Crippen LogP contribution is 2.24. The lowest BCUT2D eigenvalue weighted by Gasteiger charge is -2.18. The lowest BCUT2D eigenvalue weighted by atomic mass is 10.2. The standard InChI is InChI=1S/C11H15NO2S/c13-11(14)10(9-6-3-7-15-9)12-8-4-1-2-5-8/h3,6-8,10,12H,1-2,4-5H2,(H,13,14). The topological polar surface area (TPSA) is 49.3 Å². The smallest absolute Gasteiger partial charge is 0.326 e. The lowest BCUT2D eigenvalue weighted by Crippen LogP contribution is -2.34. The SMILES string of the molecule is O=C(O)C(NC1CCCC1)c1cccs1. The van der Waals surface area contributed by atoms with Gasteiger partial charge in [-0.05, 0) is 24.3 Å². The summed E-state index contributed by atoms with van der Waals surface area (Å²) >= 11 is 1.50. The fourth-order valence-corrected chi connectivity index (χ4v) is 2.84. The number of carboxylic acid groups (broad SMARTS) is 1. The van der Waals surface area contributed by atoms with Crippen LogP contribution in [0.3, 0.4) is 0 Å². The zero-order chi connectivity index (χ0) is 10.7. The van der Waals surface area contributed by atoms with Crippen LogP contribution in [0.2, 0.25) is 0 Å². The zero-order valence-corrected chi connectivity index (χ0v) is 9.30. The van der Waals surface area contributed by atoms with Crippen molar-refractivity contribution in [3.05, 3.63) is 22.4 Å². The molecular weight excluding hydrogens is 210 g/mol. The van der Waals surface area contributed by atoms with Gasteiger partial charge in [0.15, 0.2) is 0 Å². The normalized spacial score (nSPS) is 19.2. The molecule has 1 aromatic rings. The van der Waals surface area contributed by atoms with E-state index >= 15 is 0 Å². The molecule has 0 aromatic carbocycles. The van der Waals surface area contributed by atoms with Gasteiger partial charge >= 0.3 is 5.97 Å². The summed E-state index contributed by atoms with van der Waals surface area (Å²) in [6, 6.07) is 3.64. The van der Waals surface area contributed by atoms with E-state index in [4.69, 9.17) is 5.11 Å². The molecule has 2 rings (SSSR count). The van der Waals surface area contributed by atoms with Crippen LogP contribution in [0, 0.1) is 0 Å². The van der Waals surface area contributed by atoms with Crippen molar-refractivity contribution in [1.82, 2.24) is 5.32 Å². The molecule has 1 heterocycles. The Hall–Kier alpha value is -0.870. The van der Waals surface area contributed by atoms with Crippen LogP contribution < -0.4 is 5.32 Å². The largest absolute Gasteiger partial charge is 0.480 e. The van der Waals surface area contributed by atoms with Gasteiger partial charge in [0.25, 0.3) is 0 Å². The molecule has 1 aromatic heterocycles. The molecule has 15 heavy (non-hydrogen) atoms. The van der Waals surface area contributed by atoms with Crippen molar-refractivity contribution in [1.29, 1.82) is 0 Å². The number of carboxylic acids is 1. The molecule has 1 unspecified atom stereocenters. The maximum Gasteiger partial charge on any atom is 0.326 e. The summed E-state index contributed by atoms with van der Waals surface area (Å²) in [6.45, 7) is 0. The van der Waals surface area contributed by atoms with E-state index in [2.05, 4.69) is 5.32 Å². The average Bonchev–Trinajstić information content (AvgIpc) is 2.87. The summed E-state index contributed by atoms with van der Waals surface area (Å²) < 4.78 is 0. The fraction of sp³-hybridized carbons (Fsp3) is 0.545. The number of hydrogen-bond acceptors (Lipinski definition) is 3. The summed E-state index contributed by atoms with van der Waals surface area (Å²) in [7, 11) is 0. The number of aliphatic carboxylic acids is 1. The average molecular weight is 225 g/mol. The van der Waals surface area contributed by atoms with Gasteiger partial charge < -0.3 is 5.11 Å². The molecule has 0 radical (unpaired) electrons. The lowest BCUT2D eigenvalue weighted by molar-refractivity contribution is -0.139. The second kappa shape index (κ2) is 4.77. The Balaban J connectivity index is 2.03. The van der Waals surface area contributed by atoms with E-state index in [9.17, 15) is 4.79 Å². The van der Waals surface area contributed by atoms with E-state index in [0.717, 1.165) is 17.7 Å². The first-order valence-corrected chi connectivity index (χ1v) is 6.17. The highest BCUT2D eigenvalue weighted by Gasteiger charge is 2.25. The van der Waals surface area contributed by atoms with Crippen LogP contribution in [-0.2, 0) is 4.79 Å². The molecule has 0 amide bonds. The van der Waals surface area contributed by atoms with Gasteiger partial charge in [0.2, 0.25) is 0 Å². The molecule has 0 saturated heterocycles. The van der Waals surface area contributed by atoms with Crippen LogP contribution >= 0.6 is 11.3 Å². The monoisotopic (exact) mass is 225 g/mol. The number of carbonyl (C=O) groups is 1. The predicted molar refractivity (Wildman–Crippen MR) is 60.1 cm³/mol. The molecule has 4 heteroatoms. The van der Waals surface area contributed by atoms with Crippen molar-refractivity contribution in [3.8, 4) is 0 Å². The third-order valence-electron chi connectivity index (χ3n) is 2.83. The van der Waals surface area contributed by atoms with Crippen molar-refractivity contribution >= 4 is 17.3 Å². The molecule has 0 spiro atoms. The van der Waals surface area contributed by atoms with Crippen LogP contribution in [0.5, 0.6) is 0 Å². The van der Waals surface area contributed by atoms with E-state index in [0.29, 0.717) is 6.04 Å². The van der Waals surface area contributed by atoms with Crippen LogP contribution in [0.25, 0.3) is 0 Å². The van der Waals surface area contributed by atoms with Crippen LogP contribution in [0.15, 0.2) is 17.5 Å². The van der Waals surface area contributed by atoms with Crippen molar-refractivity contribution in [3.63, 3.8) is 0 Å². The molecule has 1 aliphatic carbocycles. The Morgan fingerprint density at radius 1 is 1.53 bits per heavy atom. The van der Waals surface area contributed by atoms with E-state index in [1.165, 1.54) is 24.2 Å². The minimum Gasteiger partial charge on any atom is -0.480 e. The maximum atomic E-state index is 11.1. The van der Waals surface area contributed by atoms with Crippen LogP contribution in [-0.4, -0.2) is 17.1 Å². The second-order valence-corrected chi connectivity index (χ2v) is 4.91. The summed E-state index contributed by atoms with van der Waals surface area (Å²) in [6.07, 6.45) is 4.65. The molecule has 1 fully saturated rings. The first kappa shape index (κ1) is 10.6. The van der Waals surface area contributed by atoms with Crippen molar-refractivity contribution in [2.24, 2.45) is 0 Å². The van der Waals surface area contributed by atoms with E-state index in [1.807, 2.05) is 17.5 Å². The molecule has 2 N–H and O–H groups in total. The first-order valence-electron chi connectivity index (χ1n) is 5.29. The number of hydrogen-bond donors (Lipinski definition) is 2. The summed E-state index contributed by atoms with van der Waals surface area (Å²) in [5.41, 5.74) is 0. The number of thiophene rings is 1. The number of rotatable bonds is 4. The molecule has 0 aliphatic heterocycles. The van der Waals surface area contributed by atoms with Crippen molar-refractivity contribution in [2.75, 3.05) is 0 Å².